The van der Waals surface area contributed by atoms with E-state index in [1.165, 1.54) is 16.8 Å². The Balaban J connectivity index is 2.40. The minimum Gasteiger partial charge on any atom is -0.220 e. The number of alkyl halides is 1. The smallest absolute Gasteiger partial charge is 0.160 e. The summed E-state index contributed by atoms with van der Waals surface area (Å²) in [5.41, 5.74) is 1.37. The fourth-order valence-electron chi connectivity index (χ4n) is 1.43. The SMILES string of the molecule is CCC(Br)c1cn(-c2cc(Cl)c(F)c(Cl)c2)nn1. The van der Waals surface area contributed by atoms with Gasteiger partial charge in [-0.15, -0.1) is 5.10 Å². The summed E-state index contributed by atoms with van der Waals surface area (Å²) in [4.78, 5) is 0.137. The number of hydrogen-bond donors (Lipinski definition) is 0. The van der Waals surface area contributed by atoms with Gasteiger partial charge in [0.25, 0.3) is 0 Å². The highest BCUT2D eigenvalue weighted by Crippen LogP contribution is 2.28. The average molecular weight is 353 g/mol. The minimum absolute atomic E-state index is 0.0413. The largest absolute Gasteiger partial charge is 0.220 e. The van der Waals surface area contributed by atoms with E-state index in [1.54, 1.807) is 6.20 Å². The third kappa shape index (κ3) is 2.68. The first-order chi connectivity index (χ1) is 8.52. The van der Waals surface area contributed by atoms with E-state index in [2.05, 4.69) is 26.2 Å². The Morgan fingerprint density at radius 1 is 1.39 bits per heavy atom. The van der Waals surface area contributed by atoms with Crippen LogP contribution in [-0.2, 0) is 0 Å². The van der Waals surface area contributed by atoms with Gasteiger partial charge in [0.05, 0.1) is 32.5 Å². The number of rotatable bonds is 3. The van der Waals surface area contributed by atoms with Crippen LogP contribution in [0.4, 0.5) is 4.39 Å². The summed E-state index contributed by atoms with van der Waals surface area (Å²) in [7, 11) is 0. The Hall–Kier alpha value is -0.650. The van der Waals surface area contributed by atoms with E-state index >= 15 is 0 Å². The van der Waals surface area contributed by atoms with Crippen LogP contribution < -0.4 is 0 Å². The maximum Gasteiger partial charge on any atom is 0.160 e. The quantitative estimate of drug-likeness (QED) is 0.598. The van der Waals surface area contributed by atoms with Crippen LogP contribution in [0.15, 0.2) is 18.3 Å². The van der Waals surface area contributed by atoms with Gasteiger partial charge in [0.1, 0.15) is 0 Å². The molecule has 2 aromatic rings. The second-order valence-corrected chi connectivity index (χ2v) is 5.61. The molecule has 0 radical (unpaired) electrons. The molecule has 0 aliphatic carbocycles. The Morgan fingerprint density at radius 3 is 2.56 bits per heavy atom. The van der Waals surface area contributed by atoms with Crippen molar-refractivity contribution in [3.8, 4) is 5.69 Å². The molecular weight excluding hydrogens is 344 g/mol. The molecule has 96 valence electrons. The zero-order valence-electron chi connectivity index (χ0n) is 9.37. The number of benzene rings is 1. The third-order valence-corrected chi connectivity index (χ3v) is 4.09. The first-order valence-corrected chi connectivity index (χ1v) is 6.91. The van der Waals surface area contributed by atoms with Crippen molar-refractivity contribution in [3.05, 3.63) is 39.9 Å². The molecule has 0 aliphatic rings. The minimum atomic E-state index is -0.630. The van der Waals surface area contributed by atoms with Gasteiger partial charge in [-0.1, -0.05) is 51.3 Å². The zero-order chi connectivity index (χ0) is 13.3. The summed E-state index contributed by atoms with van der Waals surface area (Å²) in [5.74, 6) is -0.630. The standard InChI is InChI=1S/C11H9BrCl2FN3/c1-2-7(12)10-5-18(17-16-10)6-3-8(13)11(15)9(14)4-6/h3-5,7H,2H2,1H3. The van der Waals surface area contributed by atoms with Gasteiger partial charge in [0, 0.05) is 0 Å². The third-order valence-electron chi connectivity index (χ3n) is 2.42. The van der Waals surface area contributed by atoms with Crippen LogP contribution in [0.1, 0.15) is 23.9 Å². The van der Waals surface area contributed by atoms with E-state index < -0.39 is 5.82 Å². The van der Waals surface area contributed by atoms with Gasteiger partial charge in [0.15, 0.2) is 5.82 Å². The lowest BCUT2D eigenvalue weighted by Gasteiger charge is -2.04. The van der Waals surface area contributed by atoms with E-state index in [0.29, 0.717) is 5.69 Å². The van der Waals surface area contributed by atoms with Crippen molar-refractivity contribution in [3.63, 3.8) is 0 Å². The molecule has 1 heterocycles. The van der Waals surface area contributed by atoms with Crippen LogP contribution in [0.25, 0.3) is 5.69 Å². The molecule has 1 unspecified atom stereocenters. The molecule has 7 heteroatoms. The highest BCUT2D eigenvalue weighted by molar-refractivity contribution is 9.09. The molecule has 1 aromatic heterocycles. The monoisotopic (exact) mass is 351 g/mol. The van der Waals surface area contributed by atoms with E-state index in [1.807, 2.05) is 6.92 Å². The van der Waals surface area contributed by atoms with E-state index in [-0.39, 0.29) is 14.9 Å². The lowest BCUT2D eigenvalue weighted by molar-refractivity contribution is 0.627. The van der Waals surface area contributed by atoms with E-state index in [0.717, 1.165) is 12.1 Å². The fourth-order valence-corrected chi connectivity index (χ4v) is 2.12. The number of halogens is 4. The van der Waals surface area contributed by atoms with Crippen LogP contribution in [-0.4, -0.2) is 15.0 Å². The Bertz CT molecular complexity index is 550. The Labute approximate surface area is 122 Å². The van der Waals surface area contributed by atoms with E-state index in [4.69, 9.17) is 23.2 Å². The molecule has 0 bridgehead atoms. The van der Waals surface area contributed by atoms with Crippen LogP contribution in [0.5, 0.6) is 0 Å². The second-order valence-electron chi connectivity index (χ2n) is 3.69. The summed E-state index contributed by atoms with van der Waals surface area (Å²) in [6, 6.07) is 2.91. The molecule has 0 saturated carbocycles. The van der Waals surface area contributed by atoms with Crippen LogP contribution >= 0.6 is 39.1 Å². The number of nitrogens with zero attached hydrogens (tertiary/aromatic N) is 3. The van der Waals surface area contributed by atoms with Gasteiger partial charge in [-0.25, -0.2) is 9.07 Å². The lowest BCUT2D eigenvalue weighted by atomic mass is 10.2. The first kappa shape index (κ1) is 13.8. The molecule has 1 aromatic carbocycles. The predicted molar refractivity (Wildman–Crippen MR) is 73.3 cm³/mol. The van der Waals surface area contributed by atoms with Gasteiger partial charge in [-0.2, -0.15) is 0 Å². The Morgan fingerprint density at radius 2 is 2.00 bits per heavy atom. The van der Waals surface area contributed by atoms with Crippen molar-refractivity contribution in [1.29, 1.82) is 0 Å². The molecule has 0 aliphatic heterocycles. The molecule has 1 atom stereocenters. The molecule has 0 saturated heterocycles. The van der Waals surface area contributed by atoms with Gasteiger partial charge < -0.3 is 0 Å². The molecule has 0 N–H and O–H groups in total. The fraction of sp³-hybridized carbons (Fsp3) is 0.273. The molecule has 0 spiro atoms. The number of aromatic nitrogens is 3. The van der Waals surface area contributed by atoms with Gasteiger partial charge in [-0.3, -0.25) is 0 Å². The van der Waals surface area contributed by atoms with Crippen LogP contribution in [0.2, 0.25) is 10.0 Å². The van der Waals surface area contributed by atoms with Crippen molar-refractivity contribution in [2.45, 2.75) is 18.2 Å². The van der Waals surface area contributed by atoms with Crippen molar-refractivity contribution in [1.82, 2.24) is 15.0 Å². The molecule has 0 amide bonds. The van der Waals surface area contributed by atoms with E-state index in [9.17, 15) is 4.39 Å². The molecule has 2 rings (SSSR count). The van der Waals surface area contributed by atoms with Gasteiger partial charge >= 0.3 is 0 Å². The van der Waals surface area contributed by atoms with Gasteiger partial charge in [0.2, 0.25) is 0 Å². The lowest BCUT2D eigenvalue weighted by Crippen LogP contribution is -1.96. The van der Waals surface area contributed by atoms with Gasteiger partial charge in [-0.05, 0) is 18.6 Å². The highest BCUT2D eigenvalue weighted by atomic mass is 79.9. The summed E-state index contributed by atoms with van der Waals surface area (Å²) >= 11 is 15.0. The van der Waals surface area contributed by atoms with Crippen molar-refractivity contribution < 1.29 is 4.39 Å². The van der Waals surface area contributed by atoms with Crippen molar-refractivity contribution in [2.75, 3.05) is 0 Å². The maximum atomic E-state index is 13.3. The summed E-state index contributed by atoms with van der Waals surface area (Å²) in [6.07, 6.45) is 2.65. The summed E-state index contributed by atoms with van der Waals surface area (Å²) < 4.78 is 14.8. The maximum absolute atomic E-state index is 13.3. The topological polar surface area (TPSA) is 30.7 Å². The zero-order valence-corrected chi connectivity index (χ0v) is 12.5. The average Bonchev–Trinajstić information content (AvgIpc) is 2.84. The predicted octanol–water partition coefficient (Wildman–Crippen LogP) is 4.56. The molecular formula is C11H9BrCl2FN3. The Kier molecular flexibility index (Phi) is 4.25. The van der Waals surface area contributed by atoms with Crippen molar-refractivity contribution >= 4 is 39.1 Å². The normalized spacial score (nSPS) is 12.7. The second kappa shape index (κ2) is 5.55. The molecule has 0 fully saturated rings. The van der Waals surface area contributed by atoms with Crippen LogP contribution in [0.3, 0.4) is 0 Å². The number of hydrogen-bond acceptors (Lipinski definition) is 2. The highest BCUT2D eigenvalue weighted by Gasteiger charge is 2.13. The summed E-state index contributed by atoms with van der Waals surface area (Å²) in [5, 5.41) is 7.91. The molecule has 18 heavy (non-hydrogen) atoms. The van der Waals surface area contributed by atoms with Crippen LogP contribution in [0, 0.1) is 5.82 Å². The summed E-state index contributed by atoms with van der Waals surface area (Å²) in [6.45, 7) is 2.03. The molecule has 3 nitrogen and oxygen atoms in total. The first-order valence-electron chi connectivity index (χ1n) is 5.24. The van der Waals surface area contributed by atoms with Crippen molar-refractivity contribution in [2.24, 2.45) is 0 Å².